The topological polar surface area (TPSA) is 4.44 Å². The van der Waals surface area contributed by atoms with Crippen molar-refractivity contribution in [3.63, 3.8) is 0 Å². The van der Waals surface area contributed by atoms with E-state index in [2.05, 4.69) is 33.2 Å². The lowest BCUT2D eigenvalue weighted by molar-refractivity contribution is -0.851. The van der Waals surface area contributed by atoms with Crippen LogP contribution in [0.4, 0.5) is 0 Å². The van der Waals surface area contributed by atoms with Crippen LogP contribution >= 0.6 is 0 Å². The van der Waals surface area contributed by atoms with E-state index in [-0.39, 0.29) is 12.4 Å². The molecule has 0 saturated carbocycles. The molecule has 1 N–H and O–H groups in total. The van der Waals surface area contributed by atoms with Gasteiger partial charge in [-0.05, 0) is 12.5 Å². The van der Waals surface area contributed by atoms with Crippen LogP contribution in [0.3, 0.4) is 0 Å². The number of likely N-dealkylation sites (N-methyl/N-ethyl adjacent to an activating group) is 1. The van der Waals surface area contributed by atoms with Crippen LogP contribution in [0.2, 0.25) is 0 Å². The van der Waals surface area contributed by atoms with E-state index in [1.807, 2.05) is 0 Å². The zero-order chi connectivity index (χ0) is 6.41. The lowest BCUT2D eigenvalue weighted by Crippen LogP contribution is -3.05. The molecule has 0 aromatic rings. The predicted octanol–water partition coefficient (Wildman–Crippen LogP) is -2.90. The van der Waals surface area contributed by atoms with E-state index >= 15 is 0 Å². The Morgan fingerprint density at radius 3 is 2.11 bits per heavy atom. The van der Waals surface area contributed by atoms with E-state index in [4.69, 9.17) is 0 Å². The number of quaternary nitrogens is 1. The first-order valence-corrected chi connectivity index (χ1v) is 3.21. The molecule has 0 aromatic heterocycles. The molecule has 0 rings (SSSR count). The van der Waals surface area contributed by atoms with Gasteiger partial charge in [-0.2, -0.15) is 0 Å². The molecule has 0 amide bonds. The summed E-state index contributed by atoms with van der Waals surface area (Å²) in [4.78, 5) is 1.48. The van der Waals surface area contributed by atoms with E-state index in [0.717, 1.165) is 13.0 Å². The SMILES string of the molecule is CCC=CC[NH+](C)C.[Cl-]. The van der Waals surface area contributed by atoms with Gasteiger partial charge in [0.2, 0.25) is 0 Å². The molecule has 9 heavy (non-hydrogen) atoms. The summed E-state index contributed by atoms with van der Waals surface area (Å²) in [5.74, 6) is 0. The number of halogens is 1. The van der Waals surface area contributed by atoms with Gasteiger partial charge in [-0.25, -0.2) is 0 Å². The Bertz CT molecular complexity index is 69.3. The molecule has 0 fully saturated rings. The fourth-order valence-electron chi connectivity index (χ4n) is 0.486. The van der Waals surface area contributed by atoms with Crippen molar-refractivity contribution in [1.82, 2.24) is 0 Å². The smallest absolute Gasteiger partial charge is 0.0953 e. The maximum Gasteiger partial charge on any atom is 0.0953 e. The van der Waals surface area contributed by atoms with Crippen molar-refractivity contribution in [3.8, 4) is 0 Å². The highest BCUT2D eigenvalue weighted by molar-refractivity contribution is 4.78. The van der Waals surface area contributed by atoms with Gasteiger partial charge in [-0.15, -0.1) is 0 Å². The largest absolute Gasteiger partial charge is 1.00 e. The minimum absolute atomic E-state index is 0. The fraction of sp³-hybridized carbons (Fsp3) is 0.714. The molecule has 0 bridgehead atoms. The van der Waals surface area contributed by atoms with Crippen molar-refractivity contribution in [3.05, 3.63) is 12.2 Å². The van der Waals surface area contributed by atoms with Gasteiger partial charge in [-0.3, -0.25) is 0 Å². The van der Waals surface area contributed by atoms with E-state index < -0.39 is 0 Å². The number of hydrogen-bond donors (Lipinski definition) is 1. The molecule has 56 valence electrons. The molecule has 1 nitrogen and oxygen atoms in total. The highest BCUT2D eigenvalue weighted by Gasteiger charge is 1.81. The summed E-state index contributed by atoms with van der Waals surface area (Å²) >= 11 is 0. The first-order chi connectivity index (χ1) is 3.77. The van der Waals surface area contributed by atoms with Crippen LogP contribution in [-0.4, -0.2) is 20.6 Å². The summed E-state index contributed by atoms with van der Waals surface area (Å²) in [6.07, 6.45) is 5.58. The molecule has 0 atom stereocenters. The zero-order valence-electron chi connectivity index (χ0n) is 6.45. The van der Waals surface area contributed by atoms with Gasteiger partial charge < -0.3 is 17.3 Å². The van der Waals surface area contributed by atoms with Gasteiger partial charge in [0.25, 0.3) is 0 Å². The first-order valence-electron chi connectivity index (χ1n) is 3.21. The molecular formula is C7H16ClN. The third-order valence-electron chi connectivity index (χ3n) is 0.928. The normalized spacial score (nSPS) is 10.2. The molecule has 0 aliphatic rings. The monoisotopic (exact) mass is 149 g/mol. The van der Waals surface area contributed by atoms with E-state index in [0.29, 0.717) is 0 Å². The number of hydrogen-bond acceptors (Lipinski definition) is 0. The van der Waals surface area contributed by atoms with Gasteiger partial charge in [0.1, 0.15) is 0 Å². The molecule has 0 aliphatic carbocycles. The fourth-order valence-corrected chi connectivity index (χ4v) is 0.486. The standard InChI is InChI=1S/C7H15N.ClH/c1-4-5-6-7-8(2)3;/h5-6H,4,7H2,1-3H3;1H. The lowest BCUT2D eigenvalue weighted by atomic mass is 10.4. The molecule has 0 saturated heterocycles. The third kappa shape index (κ3) is 11.5. The quantitative estimate of drug-likeness (QED) is 0.411. The van der Waals surface area contributed by atoms with Gasteiger partial charge in [0.15, 0.2) is 0 Å². The Balaban J connectivity index is 0. The molecule has 0 aliphatic heterocycles. The van der Waals surface area contributed by atoms with E-state index in [1.54, 1.807) is 0 Å². The summed E-state index contributed by atoms with van der Waals surface area (Å²) in [5.41, 5.74) is 0. The van der Waals surface area contributed by atoms with Crippen LogP contribution in [0.15, 0.2) is 12.2 Å². The number of nitrogens with one attached hydrogen (secondary N) is 1. The van der Waals surface area contributed by atoms with Crippen LogP contribution in [0, 0.1) is 0 Å². The van der Waals surface area contributed by atoms with Crippen LogP contribution in [0.1, 0.15) is 13.3 Å². The molecule has 0 aromatic carbocycles. The summed E-state index contributed by atoms with van der Waals surface area (Å²) in [6, 6.07) is 0. The van der Waals surface area contributed by atoms with Gasteiger partial charge in [0.05, 0.1) is 20.6 Å². The highest BCUT2D eigenvalue weighted by atomic mass is 35.5. The number of allylic oxidation sites excluding steroid dienone is 1. The predicted molar refractivity (Wildman–Crippen MR) is 37.1 cm³/mol. The maximum atomic E-state index is 2.22. The van der Waals surface area contributed by atoms with Gasteiger partial charge in [-0.1, -0.05) is 13.0 Å². The Morgan fingerprint density at radius 2 is 1.78 bits per heavy atom. The van der Waals surface area contributed by atoms with Crippen molar-refractivity contribution >= 4 is 0 Å². The second-order valence-corrected chi connectivity index (χ2v) is 2.29. The zero-order valence-corrected chi connectivity index (χ0v) is 7.20. The van der Waals surface area contributed by atoms with Crippen LogP contribution in [-0.2, 0) is 0 Å². The second-order valence-electron chi connectivity index (χ2n) is 2.29. The van der Waals surface area contributed by atoms with Crippen molar-refractivity contribution < 1.29 is 17.3 Å². The summed E-state index contributed by atoms with van der Waals surface area (Å²) in [7, 11) is 4.31. The highest BCUT2D eigenvalue weighted by Crippen LogP contribution is 1.74. The van der Waals surface area contributed by atoms with Crippen LogP contribution < -0.4 is 17.3 Å². The molecule has 0 spiro atoms. The maximum absolute atomic E-state index is 2.22. The van der Waals surface area contributed by atoms with Crippen LogP contribution in [0.25, 0.3) is 0 Å². The molecule has 0 unspecified atom stereocenters. The van der Waals surface area contributed by atoms with E-state index in [9.17, 15) is 0 Å². The average molecular weight is 150 g/mol. The molecule has 0 radical (unpaired) electrons. The lowest BCUT2D eigenvalue weighted by Gasteiger charge is -2.00. The summed E-state index contributed by atoms with van der Waals surface area (Å²) in [6.45, 7) is 3.30. The molecule has 0 heterocycles. The van der Waals surface area contributed by atoms with Crippen molar-refractivity contribution in [2.45, 2.75) is 13.3 Å². The summed E-state index contributed by atoms with van der Waals surface area (Å²) in [5, 5.41) is 0. The van der Waals surface area contributed by atoms with Crippen molar-refractivity contribution in [2.24, 2.45) is 0 Å². The second kappa shape index (κ2) is 7.99. The first kappa shape index (κ1) is 11.7. The Labute approximate surface area is 64.2 Å². The molecular weight excluding hydrogens is 134 g/mol. The van der Waals surface area contributed by atoms with Gasteiger partial charge >= 0.3 is 0 Å². The molecule has 2 heteroatoms. The summed E-state index contributed by atoms with van der Waals surface area (Å²) < 4.78 is 0. The van der Waals surface area contributed by atoms with Gasteiger partial charge in [0, 0.05) is 0 Å². The number of rotatable bonds is 3. The van der Waals surface area contributed by atoms with Crippen molar-refractivity contribution in [1.29, 1.82) is 0 Å². The minimum Gasteiger partial charge on any atom is -1.00 e. The third-order valence-corrected chi connectivity index (χ3v) is 0.928. The van der Waals surface area contributed by atoms with Crippen molar-refractivity contribution in [2.75, 3.05) is 20.6 Å². The Morgan fingerprint density at radius 1 is 1.22 bits per heavy atom. The average Bonchev–Trinajstić information content (AvgIpc) is 1.66. The Kier molecular flexibility index (Phi) is 10.4. The van der Waals surface area contributed by atoms with E-state index in [1.165, 1.54) is 4.90 Å². The Hall–Kier alpha value is -0.0100. The minimum atomic E-state index is 0. The van der Waals surface area contributed by atoms with Crippen LogP contribution in [0.5, 0.6) is 0 Å².